The van der Waals surface area contributed by atoms with Gasteiger partial charge >= 0.3 is 0 Å². The molecule has 0 bridgehead atoms. The Bertz CT molecular complexity index is 153. The lowest BCUT2D eigenvalue weighted by Crippen LogP contribution is -2.25. The summed E-state index contributed by atoms with van der Waals surface area (Å²) < 4.78 is 10.6. The Morgan fingerprint density at radius 3 is 2.33 bits per heavy atom. The summed E-state index contributed by atoms with van der Waals surface area (Å²) in [5.74, 6) is 0.387. The molecule has 1 aliphatic rings. The Balaban J connectivity index is 2.14. The molecule has 1 aliphatic heterocycles. The molecular formula is C10H18O2. The molecule has 1 heterocycles. The molecular weight excluding hydrogens is 152 g/mol. The highest BCUT2D eigenvalue weighted by Gasteiger charge is 2.28. The van der Waals surface area contributed by atoms with E-state index in [0.29, 0.717) is 0 Å². The average Bonchev–Trinajstić information content (AvgIpc) is 2.35. The molecule has 2 heteroatoms. The maximum Gasteiger partial charge on any atom is 0.247 e. The van der Waals surface area contributed by atoms with Crippen molar-refractivity contribution in [3.8, 4) is 0 Å². The normalized spacial score (nSPS) is 19.3. The predicted octanol–water partition coefficient (Wildman–Crippen LogP) is 3.05. The van der Waals surface area contributed by atoms with Crippen molar-refractivity contribution in [2.24, 2.45) is 5.92 Å². The van der Waals surface area contributed by atoms with Gasteiger partial charge in [-0.1, -0.05) is 20.3 Å². The molecule has 0 saturated carbocycles. The van der Waals surface area contributed by atoms with Gasteiger partial charge in [-0.05, 0) is 12.3 Å². The fourth-order valence-electron chi connectivity index (χ4n) is 1.32. The van der Waals surface area contributed by atoms with Crippen molar-refractivity contribution >= 4 is 0 Å². The number of hydrogen-bond donors (Lipinski definition) is 0. The predicted molar refractivity (Wildman–Crippen MR) is 48.4 cm³/mol. The van der Waals surface area contributed by atoms with Gasteiger partial charge in [-0.2, -0.15) is 0 Å². The lowest BCUT2D eigenvalue weighted by atomic mass is 10.0. The smallest absolute Gasteiger partial charge is 0.247 e. The van der Waals surface area contributed by atoms with Crippen molar-refractivity contribution in [3.63, 3.8) is 0 Å². The summed E-state index contributed by atoms with van der Waals surface area (Å²) in [4.78, 5) is 0. The average molecular weight is 170 g/mol. The van der Waals surface area contributed by atoms with Crippen molar-refractivity contribution in [1.82, 2.24) is 0 Å². The van der Waals surface area contributed by atoms with Crippen LogP contribution in [0, 0.1) is 5.92 Å². The maximum atomic E-state index is 5.32. The third-order valence-corrected chi connectivity index (χ3v) is 2.10. The van der Waals surface area contributed by atoms with E-state index in [1.54, 1.807) is 12.5 Å². The summed E-state index contributed by atoms with van der Waals surface area (Å²) in [6.07, 6.45) is 6.61. The van der Waals surface area contributed by atoms with Crippen LogP contribution in [0.25, 0.3) is 0 Å². The summed E-state index contributed by atoms with van der Waals surface area (Å²) in [5.41, 5.74) is 0. The van der Waals surface area contributed by atoms with Crippen molar-refractivity contribution in [2.45, 2.75) is 45.8 Å². The fraction of sp³-hybridized carbons (Fsp3) is 0.800. The van der Waals surface area contributed by atoms with E-state index in [1.165, 1.54) is 6.42 Å². The molecule has 0 fully saturated rings. The number of rotatable bonds is 4. The summed E-state index contributed by atoms with van der Waals surface area (Å²) in [5, 5.41) is 0. The highest BCUT2D eigenvalue weighted by atomic mass is 16.7. The van der Waals surface area contributed by atoms with Gasteiger partial charge in [-0.25, -0.2) is 0 Å². The first-order valence-electron chi connectivity index (χ1n) is 4.63. The van der Waals surface area contributed by atoms with Crippen molar-refractivity contribution < 1.29 is 9.47 Å². The van der Waals surface area contributed by atoms with E-state index in [2.05, 4.69) is 13.8 Å². The molecule has 0 unspecified atom stereocenters. The summed E-state index contributed by atoms with van der Waals surface area (Å²) in [6.45, 7) is 6.45. The molecule has 0 aliphatic carbocycles. The van der Waals surface area contributed by atoms with Crippen molar-refractivity contribution in [1.29, 1.82) is 0 Å². The third kappa shape index (κ3) is 2.76. The van der Waals surface area contributed by atoms with Gasteiger partial charge in [0.25, 0.3) is 0 Å². The minimum Gasteiger partial charge on any atom is -0.457 e. The summed E-state index contributed by atoms with van der Waals surface area (Å²) >= 11 is 0. The van der Waals surface area contributed by atoms with E-state index in [-0.39, 0.29) is 5.79 Å². The van der Waals surface area contributed by atoms with Crippen LogP contribution < -0.4 is 0 Å². The van der Waals surface area contributed by atoms with Crippen LogP contribution in [-0.4, -0.2) is 5.79 Å². The molecule has 0 spiro atoms. The van der Waals surface area contributed by atoms with E-state index >= 15 is 0 Å². The largest absolute Gasteiger partial charge is 0.457 e. The molecule has 0 aromatic carbocycles. The van der Waals surface area contributed by atoms with Crippen LogP contribution in [0.15, 0.2) is 12.5 Å². The first-order valence-corrected chi connectivity index (χ1v) is 4.63. The van der Waals surface area contributed by atoms with Gasteiger partial charge in [-0.15, -0.1) is 0 Å². The molecule has 0 aromatic heterocycles. The first-order chi connectivity index (χ1) is 5.62. The molecule has 2 nitrogen and oxygen atoms in total. The van der Waals surface area contributed by atoms with E-state index in [1.807, 2.05) is 6.92 Å². The molecule has 0 aromatic rings. The molecule has 0 amide bonds. The number of ether oxygens (including phenoxy) is 2. The Kier molecular flexibility index (Phi) is 3.01. The van der Waals surface area contributed by atoms with E-state index in [0.717, 1.165) is 18.8 Å². The van der Waals surface area contributed by atoms with Crippen LogP contribution in [0.2, 0.25) is 0 Å². The zero-order chi connectivity index (χ0) is 9.03. The van der Waals surface area contributed by atoms with Gasteiger partial charge in [0.15, 0.2) is 0 Å². The highest BCUT2D eigenvalue weighted by Crippen LogP contribution is 2.26. The van der Waals surface area contributed by atoms with Gasteiger partial charge in [0, 0.05) is 13.3 Å². The van der Waals surface area contributed by atoms with Gasteiger partial charge in [0.1, 0.15) is 12.5 Å². The monoisotopic (exact) mass is 170 g/mol. The lowest BCUT2D eigenvalue weighted by molar-refractivity contribution is -0.131. The number of hydrogen-bond acceptors (Lipinski definition) is 2. The molecule has 0 saturated heterocycles. The third-order valence-electron chi connectivity index (χ3n) is 2.10. The second-order valence-electron chi connectivity index (χ2n) is 3.93. The zero-order valence-corrected chi connectivity index (χ0v) is 8.17. The van der Waals surface area contributed by atoms with E-state index in [9.17, 15) is 0 Å². The fourth-order valence-corrected chi connectivity index (χ4v) is 1.32. The second kappa shape index (κ2) is 3.83. The molecule has 0 N–H and O–H groups in total. The SMILES string of the molecule is CC(C)CCCC1(C)OC=CO1. The Morgan fingerprint density at radius 1 is 1.25 bits per heavy atom. The standard InChI is InChI=1S/C10H18O2/c1-9(2)5-4-6-10(3)11-7-8-12-10/h7-9H,4-6H2,1-3H3. The maximum absolute atomic E-state index is 5.32. The Hall–Kier alpha value is -0.660. The van der Waals surface area contributed by atoms with Crippen molar-refractivity contribution in [3.05, 3.63) is 12.5 Å². The Labute approximate surface area is 74.6 Å². The molecule has 0 radical (unpaired) electrons. The van der Waals surface area contributed by atoms with Crippen LogP contribution in [-0.2, 0) is 9.47 Å². The van der Waals surface area contributed by atoms with Crippen molar-refractivity contribution in [2.75, 3.05) is 0 Å². The highest BCUT2D eigenvalue weighted by molar-refractivity contribution is 4.79. The summed E-state index contributed by atoms with van der Waals surface area (Å²) in [7, 11) is 0. The van der Waals surface area contributed by atoms with E-state index in [4.69, 9.17) is 9.47 Å². The van der Waals surface area contributed by atoms with Crippen LogP contribution >= 0.6 is 0 Å². The molecule has 70 valence electrons. The van der Waals surface area contributed by atoms with Gasteiger partial charge < -0.3 is 9.47 Å². The van der Waals surface area contributed by atoms with Crippen LogP contribution in [0.3, 0.4) is 0 Å². The molecule has 1 rings (SSSR count). The minimum absolute atomic E-state index is 0.380. The first kappa shape index (κ1) is 9.43. The lowest BCUT2D eigenvalue weighted by Gasteiger charge is -2.22. The Morgan fingerprint density at radius 2 is 1.83 bits per heavy atom. The zero-order valence-electron chi connectivity index (χ0n) is 8.17. The van der Waals surface area contributed by atoms with Crippen LogP contribution in [0.5, 0.6) is 0 Å². The van der Waals surface area contributed by atoms with Gasteiger partial charge in [-0.3, -0.25) is 0 Å². The summed E-state index contributed by atoms with van der Waals surface area (Å²) in [6, 6.07) is 0. The molecule has 0 atom stereocenters. The topological polar surface area (TPSA) is 18.5 Å². The minimum atomic E-state index is -0.380. The van der Waals surface area contributed by atoms with Crippen LogP contribution in [0.1, 0.15) is 40.0 Å². The quantitative estimate of drug-likeness (QED) is 0.645. The van der Waals surface area contributed by atoms with Crippen LogP contribution in [0.4, 0.5) is 0 Å². The van der Waals surface area contributed by atoms with E-state index < -0.39 is 0 Å². The van der Waals surface area contributed by atoms with Gasteiger partial charge in [0.05, 0.1) is 0 Å². The van der Waals surface area contributed by atoms with Gasteiger partial charge in [0.2, 0.25) is 5.79 Å². The molecule has 12 heavy (non-hydrogen) atoms. The second-order valence-corrected chi connectivity index (χ2v) is 3.93.